The van der Waals surface area contributed by atoms with Gasteiger partial charge in [0, 0.05) is 31.6 Å². The van der Waals surface area contributed by atoms with Crippen LogP contribution in [0.5, 0.6) is 5.75 Å². The third-order valence-corrected chi connectivity index (χ3v) is 5.64. The number of amides is 2. The average molecular weight is 421 g/mol. The topological polar surface area (TPSA) is 78.5 Å². The number of para-hydroxylation sites is 2. The van der Waals surface area contributed by atoms with Crippen molar-refractivity contribution in [3.63, 3.8) is 0 Å². The number of aromatic amines is 1. The van der Waals surface area contributed by atoms with Gasteiger partial charge in [-0.2, -0.15) is 0 Å². The van der Waals surface area contributed by atoms with Gasteiger partial charge in [-0.3, -0.25) is 9.59 Å². The number of rotatable bonds is 5. The van der Waals surface area contributed by atoms with Gasteiger partial charge in [0.25, 0.3) is 5.91 Å². The lowest BCUT2D eigenvalue weighted by atomic mass is 10.1. The van der Waals surface area contributed by atoms with Crippen LogP contribution in [0.25, 0.3) is 11.0 Å². The second-order valence-corrected chi connectivity index (χ2v) is 8.32. The van der Waals surface area contributed by atoms with Crippen LogP contribution in [-0.4, -0.2) is 58.3 Å². The third kappa shape index (κ3) is 4.40. The number of carbonyl (C=O) groups excluding carboxylic acids is 2. The Bertz CT molecular complexity index is 1040. The number of benzene rings is 2. The Kier molecular flexibility index (Phi) is 5.93. The Labute approximate surface area is 182 Å². The smallest absolute Gasteiger partial charge is 0.254 e. The van der Waals surface area contributed by atoms with Crippen LogP contribution in [0.2, 0.25) is 0 Å². The number of ether oxygens (including phenoxy) is 1. The maximum absolute atomic E-state index is 13.4. The molecule has 2 heterocycles. The minimum Gasteiger partial charge on any atom is -0.497 e. The van der Waals surface area contributed by atoms with E-state index in [0.29, 0.717) is 43.2 Å². The van der Waals surface area contributed by atoms with Crippen molar-refractivity contribution < 1.29 is 14.3 Å². The number of hydrogen-bond donors (Lipinski definition) is 1. The number of nitrogens with one attached hydrogen (secondary N) is 1. The number of fused-ring (bicyclic) bond motifs is 1. The molecule has 3 aromatic rings. The summed E-state index contributed by atoms with van der Waals surface area (Å²) in [5, 5.41) is 0. The minimum atomic E-state index is -0.341. The fraction of sp³-hybridized carbons (Fsp3) is 0.375. The lowest BCUT2D eigenvalue weighted by Gasteiger charge is -2.40. The van der Waals surface area contributed by atoms with Crippen molar-refractivity contribution in [2.45, 2.75) is 26.3 Å². The van der Waals surface area contributed by atoms with E-state index in [1.165, 1.54) is 0 Å². The second-order valence-electron chi connectivity index (χ2n) is 8.32. The van der Waals surface area contributed by atoms with Gasteiger partial charge < -0.3 is 19.5 Å². The number of H-pyrrole nitrogens is 1. The van der Waals surface area contributed by atoms with Crippen molar-refractivity contribution in [1.29, 1.82) is 0 Å². The van der Waals surface area contributed by atoms with Crippen LogP contribution in [0.1, 0.15) is 42.5 Å². The number of piperazine rings is 1. The van der Waals surface area contributed by atoms with E-state index in [2.05, 4.69) is 4.98 Å². The fourth-order valence-corrected chi connectivity index (χ4v) is 3.99. The van der Waals surface area contributed by atoms with Crippen molar-refractivity contribution in [2.24, 2.45) is 5.92 Å². The van der Waals surface area contributed by atoms with E-state index in [0.717, 1.165) is 11.0 Å². The summed E-state index contributed by atoms with van der Waals surface area (Å²) < 4.78 is 5.21. The van der Waals surface area contributed by atoms with Crippen molar-refractivity contribution >= 4 is 22.8 Å². The zero-order valence-corrected chi connectivity index (χ0v) is 18.2. The summed E-state index contributed by atoms with van der Waals surface area (Å²) >= 11 is 0. The van der Waals surface area contributed by atoms with Gasteiger partial charge in [-0.05, 0) is 42.3 Å². The molecule has 0 bridgehead atoms. The molecule has 162 valence electrons. The summed E-state index contributed by atoms with van der Waals surface area (Å²) in [5.41, 5.74) is 2.35. The largest absolute Gasteiger partial charge is 0.497 e. The summed E-state index contributed by atoms with van der Waals surface area (Å²) in [6.07, 6.45) is 0.499. The molecule has 31 heavy (non-hydrogen) atoms. The first-order valence-electron chi connectivity index (χ1n) is 10.6. The van der Waals surface area contributed by atoms with Gasteiger partial charge in [-0.25, -0.2) is 4.98 Å². The van der Waals surface area contributed by atoms with E-state index >= 15 is 0 Å². The molecule has 0 saturated carbocycles. The van der Waals surface area contributed by atoms with Crippen LogP contribution in [0.3, 0.4) is 0 Å². The van der Waals surface area contributed by atoms with Gasteiger partial charge in [0.15, 0.2) is 0 Å². The van der Waals surface area contributed by atoms with Gasteiger partial charge in [0.05, 0.1) is 18.1 Å². The average Bonchev–Trinajstić information content (AvgIpc) is 3.22. The summed E-state index contributed by atoms with van der Waals surface area (Å²) in [6, 6.07) is 14.6. The Morgan fingerprint density at radius 2 is 1.87 bits per heavy atom. The number of imidazole rings is 1. The number of methoxy groups -OCH3 is 1. The molecule has 2 aromatic carbocycles. The van der Waals surface area contributed by atoms with Gasteiger partial charge in [0.2, 0.25) is 5.91 Å². The molecule has 0 aliphatic carbocycles. The molecular weight excluding hydrogens is 392 g/mol. The van der Waals surface area contributed by atoms with Crippen molar-refractivity contribution in [3.8, 4) is 5.75 Å². The SMILES string of the molecule is COc1ccc(C(=O)N2CCN(C(=O)CC(C)C)CC2c2nc3ccccc3[nH]2)cc1. The van der Waals surface area contributed by atoms with E-state index in [9.17, 15) is 9.59 Å². The number of aromatic nitrogens is 2. The van der Waals surface area contributed by atoms with E-state index in [1.807, 2.05) is 47.9 Å². The molecule has 1 aliphatic heterocycles. The van der Waals surface area contributed by atoms with Gasteiger partial charge in [0.1, 0.15) is 17.6 Å². The van der Waals surface area contributed by atoms with Gasteiger partial charge in [-0.1, -0.05) is 26.0 Å². The van der Waals surface area contributed by atoms with Gasteiger partial charge >= 0.3 is 0 Å². The predicted octanol–water partition coefficient (Wildman–Crippen LogP) is 3.64. The molecule has 1 fully saturated rings. The third-order valence-electron chi connectivity index (χ3n) is 5.64. The van der Waals surface area contributed by atoms with Crippen molar-refractivity contribution in [2.75, 3.05) is 26.7 Å². The van der Waals surface area contributed by atoms with Crippen LogP contribution in [-0.2, 0) is 4.79 Å². The molecule has 1 N–H and O–H groups in total. The zero-order chi connectivity index (χ0) is 22.0. The molecule has 1 aliphatic rings. The monoisotopic (exact) mass is 420 g/mol. The normalized spacial score (nSPS) is 16.7. The quantitative estimate of drug-likeness (QED) is 0.684. The van der Waals surface area contributed by atoms with E-state index in [4.69, 9.17) is 9.72 Å². The molecule has 1 atom stereocenters. The summed E-state index contributed by atoms with van der Waals surface area (Å²) in [4.78, 5) is 37.9. The van der Waals surface area contributed by atoms with E-state index in [1.54, 1.807) is 31.4 Å². The summed E-state index contributed by atoms with van der Waals surface area (Å²) in [6.45, 7) is 5.48. The van der Waals surface area contributed by atoms with Crippen LogP contribution in [0, 0.1) is 5.92 Å². The maximum Gasteiger partial charge on any atom is 0.254 e. The Morgan fingerprint density at radius 1 is 1.13 bits per heavy atom. The van der Waals surface area contributed by atoms with Crippen LogP contribution < -0.4 is 4.74 Å². The molecule has 7 heteroatoms. The van der Waals surface area contributed by atoms with Crippen LogP contribution >= 0.6 is 0 Å². The van der Waals surface area contributed by atoms with E-state index < -0.39 is 0 Å². The second kappa shape index (κ2) is 8.79. The van der Waals surface area contributed by atoms with Gasteiger partial charge in [-0.15, -0.1) is 0 Å². The lowest BCUT2D eigenvalue weighted by Crippen LogP contribution is -2.52. The highest BCUT2D eigenvalue weighted by atomic mass is 16.5. The fourth-order valence-electron chi connectivity index (χ4n) is 3.99. The first-order valence-corrected chi connectivity index (χ1v) is 10.6. The number of nitrogens with zero attached hydrogens (tertiary/aromatic N) is 3. The zero-order valence-electron chi connectivity index (χ0n) is 18.2. The lowest BCUT2D eigenvalue weighted by molar-refractivity contribution is -0.134. The molecule has 4 rings (SSSR count). The molecule has 1 aromatic heterocycles. The molecule has 0 radical (unpaired) electrons. The van der Waals surface area contributed by atoms with Crippen molar-refractivity contribution in [3.05, 3.63) is 59.9 Å². The Morgan fingerprint density at radius 3 is 2.55 bits per heavy atom. The highest BCUT2D eigenvalue weighted by molar-refractivity contribution is 5.95. The highest BCUT2D eigenvalue weighted by Crippen LogP contribution is 2.28. The van der Waals surface area contributed by atoms with Crippen LogP contribution in [0.15, 0.2) is 48.5 Å². The Hall–Kier alpha value is -3.35. The molecule has 1 saturated heterocycles. The van der Waals surface area contributed by atoms with E-state index in [-0.39, 0.29) is 23.8 Å². The number of hydrogen-bond acceptors (Lipinski definition) is 4. The molecule has 1 unspecified atom stereocenters. The first-order chi connectivity index (χ1) is 15.0. The number of carbonyl (C=O) groups is 2. The molecule has 0 spiro atoms. The molecular formula is C24H28N4O3. The first kappa shape index (κ1) is 20.9. The molecule has 2 amide bonds. The summed E-state index contributed by atoms with van der Waals surface area (Å²) in [7, 11) is 1.60. The highest BCUT2D eigenvalue weighted by Gasteiger charge is 2.35. The van der Waals surface area contributed by atoms with Crippen molar-refractivity contribution in [1.82, 2.24) is 19.8 Å². The Balaban J connectivity index is 1.65. The van der Waals surface area contributed by atoms with Crippen LogP contribution in [0.4, 0.5) is 0 Å². The standard InChI is InChI=1S/C24H28N4O3/c1-16(2)14-22(29)27-12-13-28(24(30)17-8-10-18(31-3)11-9-17)21(15-27)23-25-19-6-4-5-7-20(19)26-23/h4-11,16,21H,12-15H2,1-3H3,(H,25,26). The predicted molar refractivity (Wildman–Crippen MR) is 119 cm³/mol. The minimum absolute atomic E-state index is 0.0796. The maximum atomic E-state index is 13.4. The molecule has 7 nitrogen and oxygen atoms in total. The summed E-state index contributed by atoms with van der Waals surface area (Å²) in [5.74, 6) is 1.73.